The summed E-state index contributed by atoms with van der Waals surface area (Å²) in [5.74, 6) is -14.4. The molecule has 31 nitrogen and oxygen atoms in total. The third kappa shape index (κ3) is 25.4. The number of nitrogens with two attached hydrogens (primary N) is 3. The van der Waals surface area contributed by atoms with E-state index < -0.39 is 163 Å². The Balaban J connectivity index is 2.29. The van der Waals surface area contributed by atoms with Crippen molar-refractivity contribution in [3.8, 4) is 0 Å². The molecule has 0 saturated carbocycles. The largest absolute Gasteiger partial charge is 0.481 e. The molecule has 0 radical (unpaired) electrons. The fraction of sp³-hybridized carbons (Fsp3) is 0.608. The second-order valence-electron chi connectivity index (χ2n) is 20.1. The molecule has 1 aromatic rings. The van der Waals surface area contributed by atoms with E-state index in [4.69, 9.17) is 17.2 Å². The minimum absolute atomic E-state index is 0.0109. The highest BCUT2D eigenvalue weighted by molar-refractivity contribution is 7.98. The van der Waals surface area contributed by atoms with Crippen LogP contribution in [0.15, 0.2) is 35.3 Å². The Morgan fingerprint density at radius 2 is 1.14 bits per heavy atom. The molecular weight excluding hydrogens is 1140 g/mol. The van der Waals surface area contributed by atoms with Crippen molar-refractivity contribution in [2.24, 2.45) is 28.1 Å². The van der Waals surface area contributed by atoms with Crippen LogP contribution in [0.5, 0.6) is 0 Å². The van der Waals surface area contributed by atoms with Crippen molar-refractivity contribution in [2.45, 2.75) is 152 Å². The van der Waals surface area contributed by atoms with E-state index in [0.29, 0.717) is 24.2 Å². The van der Waals surface area contributed by atoms with Crippen molar-refractivity contribution in [3.63, 3.8) is 0 Å². The first-order valence-electron chi connectivity index (χ1n) is 26.8. The third-order valence-electron chi connectivity index (χ3n) is 12.8. The van der Waals surface area contributed by atoms with Crippen LogP contribution in [0.3, 0.4) is 0 Å². The van der Waals surface area contributed by atoms with E-state index in [2.05, 4.69) is 65.5 Å². The molecule has 1 fully saturated rings. The van der Waals surface area contributed by atoms with Gasteiger partial charge in [0.15, 0.2) is 5.96 Å². The van der Waals surface area contributed by atoms with E-state index in [0.717, 1.165) is 0 Å². The lowest BCUT2D eigenvalue weighted by Gasteiger charge is -2.31. The van der Waals surface area contributed by atoms with Gasteiger partial charge in [-0.1, -0.05) is 44.2 Å². The number of guanidine groups is 1. The van der Waals surface area contributed by atoms with Gasteiger partial charge in [-0.15, -0.1) is 0 Å². The number of aliphatic carboxylic acids is 3. The number of aliphatic hydroxyl groups excluding tert-OH is 1. The number of hydrogen-bond acceptors (Lipinski definition) is 18. The number of carbonyl (C=O) groups excluding carboxylic acids is 10. The lowest BCUT2D eigenvalue weighted by molar-refractivity contribution is -0.147. The molecular formula is C51H80N14O17S2. The van der Waals surface area contributed by atoms with Crippen molar-refractivity contribution >= 4 is 107 Å². The maximum absolute atomic E-state index is 14.4. The van der Waals surface area contributed by atoms with Gasteiger partial charge in [0.25, 0.3) is 0 Å². The Morgan fingerprint density at radius 1 is 0.643 bits per heavy atom. The Labute approximate surface area is 494 Å². The lowest BCUT2D eigenvalue weighted by atomic mass is 10.0. The molecule has 1 aliphatic rings. The monoisotopic (exact) mass is 1220 g/mol. The summed E-state index contributed by atoms with van der Waals surface area (Å²) in [6, 6.07) is -8.08. The highest BCUT2D eigenvalue weighted by Crippen LogP contribution is 2.21. The Bertz CT molecular complexity index is 2510. The zero-order valence-electron chi connectivity index (χ0n) is 47.3. The molecule has 2 rings (SSSR count). The maximum atomic E-state index is 14.4. The van der Waals surface area contributed by atoms with Crippen LogP contribution in [0.1, 0.15) is 84.6 Å². The number of rotatable bonds is 37. The number of thioether (sulfide) groups is 1. The van der Waals surface area contributed by atoms with Crippen LogP contribution in [0.2, 0.25) is 0 Å². The van der Waals surface area contributed by atoms with Crippen LogP contribution in [0.4, 0.5) is 0 Å². The molecule has 1 aromatic carbocycles. The SMILES string of the molecule is CSCC[C@H](N)C(=O)N[C@@H](C)C(=O)N[C@@H](CO)C(=O)N[C@@H](CS)C(=O)N[C@@H](CCCN=C(N)N)C(=O)N1CCC[C@H]1C(=O)N[C@@H](CC(C)C)C(=O)N[C@@H](C)C(=O)N[C@@H](CC(=O)O)C(=O)N[C@@H](Cc1ccccc1)C(=O)N[C@@H](CC(=O)O)C(=O)O. The molecule has 1 heterocycles. The molecule has 0 aromatic heterocycles. The standard InChI is InChI=1S/C51H80N14O17S2/c1-25(2)19-31(43(74)57-27(4)40(71)59-33(21-38(67)68)45(76)60-32(20-28-11-7-6-8-12-28)44(75)62-34(50(81)82)22-39(69)70)61-48(79)37-14-10-17-65(37)49(80)30(13-9-16-55-51(53)54)58-47(78)36(24-83)64-46(77)35(23-66)63-41(72)26(3)56-42(73)29(52)15-18-84-5/h6-8,11-12,25-27,29-37,66,83H,9-10,13-24,52H2,1-5H3,(H,56,73)(H,57,74)(H,58,78)(H,59,71)(H,60,76)(H,61,79)(H,62,75)(H,63,72)(H,64,77)(H,67,68)(H,69,70)(H,81,82)(H4,53,54,55)/t26-,27-,29-,30-,31-,32-,33-,34-,35-,36-,37-/m0/s1. The first kappa shape index (κ1) is 72.3. The average molecular weight is 1230 g/mol. The predicted molar refractivity (Wildman–Crippen MR) is 307 cm³/mol. The zero-order chi connectivity index (χ0) is 63.4. The molecule has 1 saturated heterocycles. The molecule has 0 aliphatic carbocycles. The van der Waals surface area contributed by atoms with Gasteiger partial charge >= 0.3 is 17.9 Å². The zero-order valence-corrected chi connectivity index (χ0v) is 49.0. The van der Waals surface area contributed by atoms with Gasteiger partial charge in [-0.2, -0.15) is 24.4 Å². The smallest absolute Gasteiger partial charge is 0.326 e. The Hall–Kier alpha value is -7.78. The minimum Gasteiger partial charge on any atom is -0.481 e. The number of nitrogens with one attached hydrogen (secondary N) is 9. The summed E-state index contributed by atoms with van der Waals surface area (Å²) >= 11 is 5.67. The summed E-state index contributed by atoms with van der Waals surface area (Å²) in [5.41, 5.74) is 17.3. The summed E-state index contributed by atoms with van der Waals surface area (Å²) in [7, 11) is 0. The van der Waals surface area contributed by atoms with Crippen LogP contribution in [-0.4, -0.2) is 212 Å². The van der Waals surface area contributed by atoms with Crippen molar-refractivity contribution in [1.29, 1.82) is 0 Å². The number of amides is 10. The maximum Gasteiger partial charge on any atom is 0.326 e. The fourth-order valence-electron chi connectivity index (χ4n) is 8.27. The fourth-order valence-corrected chi connectivity index (χ4v) is 9.01. The van der Waals surface area contributed by atoms with E-state index in [9.17, 15) is 82.8 Å². The topological polar surface area (TPSA) is 505 Å². The van der Waals surface area contributed by atoms with Crippen LogP contribution >= 0.6 is 24.4 Å². The molecule has 11 atom stereocenters. The van der Waals surface area contributed by atoms with Gasteiger partial charge in [-0.25, -0.2) is 4.79 Å². The molecule has 33 heteroatoms. The number of nitrogens with zero attached hydrogens (tertiary/aromatic N) is 2. The molecule has 1 aliphatic heterocycles. The average Bonchev–Trinajstić information content (AvgIpc) is 4.17. The summed E-state index contributed by atoms with van der Waals surface area (Å²) in [5, 5.41) is 59.8. The summed E-state index contributed by atoms with van der Waals surface area (Å²) in [6.07, 6.45) is 0.213. The second-order valence-corrected chi connectivity index (χ2v) is 21.5. The number of benzene rings is 1. The first-order valence-corrected chi connectivity index (χ1v) is 28.8. The van der Waals surface area contributed by atoms with E-state index in [-0.39, 0.29) is 62.8 Å². The van der Waals surface area contributed by atoms with Crippen molar-refractivity contribution in [3.05, 3.63) is 35.9 Å². The molecule has 84 heavy (non-hydrogen) atoms. The first-order chi connectivity index (χ1) is 39.5. The van der Waals surface area contributed by atoms with Crippen LogP contribution in [0, 0.1) is 5.92 Å². The van der Waals surface area contributed by atoms with Gasteiger partial charge in [-0.05, 0) is 75.9 Å². The normalized spacial score (nSPS) is 16.4. The molecule has 468 valence electrons. The minimum atomic E-state index is -1.92. The second kappa shape index (κ2) is 36.7. The highest BCUT2D eigenvalue weighted by Gasteiger charge is 2.41. The van der Waals surface area contributed by atoms with E-state index >= 15 is 0 Å². The number of hydrogen-bond donors (Lipinski definition) is 17. The summed E-state index contributed by atoms with van der Waals surface area (Å²) in [4.78, 5) is 176. The molecule has 0 bridgehead atoms. The lowest BCUT2D eigenvalue weighted by Crippen LogP contribution is -2.61. The number of carboxylic acids is 3. The highest BCUT2D eigenvalue weighted by atomic mass is 32.2. The number of aliphatic hydroxyl groups is 1. The number of aliphatic imine (C=N–C) groups is 1. The molecule has 10 amide bonds. The number of carbonyl (C=O) groups is 13. The van der Waals surface area contributed by atoms with E-state index in [1.807, 2.05) is 6.26 Å². The molecule has 0 unspecified atom stereocenters. The summed E-state index contributed by atoms with van der Waals surface area (Å²) in [6.45, 7) is 5.08. The Kier molecular flexibility index (Phi) is 31.6. The van der Waals surface area contributed by atoms with Crippen molar-refractivity contribution < 1.29 is 82.8 Å². The summed E-state index contributed by atoms with van der Waals surface area (Å²) < 4.78 is 0. The van der Waals surface area contributed by atoms with Crippen LogP contribution in [-0.2, 0) is 68.7 Å². The van der Waals surface area contributed by atoms with Gasteiger partial charge in [0.1, 0.15) is 60.4 Å². The van der Waals surface area contributed by atoms with Gasteiger partial charge < -0.3 is 90.4 Å². The van der Waals surface area contributed by atoms with Crippen molar-refractivity contribution in [1.82, 2.24) is 52.8 Å². The van der Waals surface area contributed by atoms with Crippen molar-refractivity contribution in [2.75, 3.05) is 37.5 Å². The molecule has 19 N–H and O–H groups in total. The van der Waals surface area contributed by atoms with Crippen LogP contribution in [0.25, 0.3) is 0 Å². The quantitative estimate of drug-likeness (QED) is 0.0128. The Morgan fingerprint density at radius 3 is 1.69 bits per heavy atom. The van der Waals surface area contributed by atoms with Crippen LogP contribution < -0.4 is 65.1 Å². The van der Waals surface area contributed by atoms with E-state index in [1.54, 1.807) is 44.2 Å². The van der Waals surface area contributed by atoms with Gasteiger partial charge in [0.05, 0.1) is 25.5 Å². The predicted octanol–water partition coefficient (Wildman–Crippen LogP) is -5.24. The van der Waals surface area contributed by atoms with Gasteiger partial charge in [0, 0.05) is 25.3 Å². The van der Waals surface area contributed by atoms with Gasteiger partial charge in [0.2, 0.25) is 59.1 Å². The third-order valence-corrected chi connectivity index (χ3v) is 13.8. The van der Waals surface area contributed by atoms with E-state index in [1.165, 1.54) is 30.5 Å². The number of likely N-dealkylation sites (tertiary alicyclic amines) is 1. The number of carboxylic acid groups (broad SMARTS) is 3. The van der Waals surface area contributed by atoms with Gasteiger partial charge in [-0.3, -0.25) is 62.5 Å². The molecule has 0 spiro atoms. The number of thiol groups is 1.